The Morgan fingerprint density at radius 1 is 0.514 bits per heavy atom. The van der Waals surface area contributed by atoms with Gasteiger partial charge in [0.2, 0.25) is 5.88 Å². The van der Waals surface area contributed by atoms with Crippen LogP contribution in [0.3, 0.4) is 0 Å². The Bertz CT molecular complexity index is 3920. The summed E-state index contributed by atoms with van der Waals surface area (Å²) < 4.78 is 131. The molecule has 3 heterocycles. The Balaban J connectivity index is 0.000000159. The highest BCUT2D eigenvalue weighted by Crippen LogP contribution is 2.34. The fraction of sp³-hybridized carbons (Fsp3) is 0.128. The predicted molar refractivity (Wildman–Crippen MR) is 280 cm³/mol. The minimum atomic E-state index is -4.42. The highest BCUT2D eigenvalue weighted by Gasteiger charge is 2.24. The summed E-state index contributed by atoms with van der Waals surface area (Å²) >= 11 is 6.40. The van der Waals surface area contributed by atoms with Crippen molar-refractivity contribution in [2.75, 3.05) is 33.2 Å². The maximum absolute atomic E-state index is 12.8. The van der Waals surface area contributed by atoms with Crippen LogP contribution >= 0.6 is 31.9 Å². The minimum absolute atomic E-state index is 0.0655. The van der Waals surface area contributed by atoms with Crippen molar-refractivity contribution in [3.05, 3.63) is 159 Å². The van der Waals surface area contributed by atoms with Gasteiger partial charge in [-0.15, -0.1) is 0 Å². The zero-order chi connectivity index (χ0) is 52.3. The highest BCUT2D eigenvalue weighted by atomic mass is 79.9. The number of benzene rings is 6. The van der Waals surface area contributed by atoms with Gasteiger partial charge in [0.05, 0.1) is 26.1 Å². The number of aromatic nitrogens is 3. The summed E-state index contributed by atoms with van der Waals surface area (Å²) in [6, 6.07) is 35.3. The summed E-state index contributed by atoms with van der Waals surface area (Å²) in [6.07, 6.45) is 0. The number of hydrogen-bond acceptors (Lipinski definition) is 15. The van der Waals surface area contributed by atoms with Gasteiger partial charge < -0.3 is 18.5 Å². The SMILES string of the molecule is Cc1noc(NS(=O)(=O)c2ccc3c(S(=O)(=O)O)cccc3c2)c1Br.Cc1noc(NS(=O)(=O)c2cccc3c(N(C)C)cccc23)c1C.Cc1onc(NS(=O)(=O)c2ccc(-c3ccccc3)cc2)c1Br. The number of fused-ring (bicyclic) bond motifs is 2. The normalized spacial score (nSPS) is 11.8. The lowest BCUT2D eigenvalue weighted by Crippen LogP contribution is -2.14. The van der Waals surface area contributed by atoms with Crippen molar-refractivity contribution in [3.63, 3.8) is 0 Å². The molecule has 0 radical (unpaired) electrons. The van der Waals surface area contributed by atoms with Gasteiger partial charge in [-0.1, -0.05) is 100 Å². The molecule has 0 spiro atoms. The molecule has 0 aliphatic heterocycles. The van der Waals surface area contributed by atoms with E-state index < -0.39 is 40.2 Å². The fourth-order valence-corrected chi connectivity index (χ4v) is 11.6. The quantitative estimate of drug-likeness (QED) is 0.0828. The van der Waals surface area contributed by atoms with Crippen LogP contribution < -0.4 is 19.1 Å². The van der Waals surface area contributed by atoms with E-state index in [9.17, 15) is 38.2 Å². The van der Waals surface area contributed by atoms with Crippen LogP contribution in [-0.4, -0.2) is 67.8 Å². The standard InChI is InChI=1S/C17H19N3O3S.C16H13BrN2O3S.C14H11BrN2O6S2/c1-11-12(2)18-23-17(11)19-24(21,22)16-10-6-7-13-14(16)8-5-9-15(13)20(3)4;1-11-15(17)16(18-22-11)19-23(20,21)14-9-7-13(8-10-14)12-5-3-2-4-6-12;1-8-13(15)14(23-16-8)17-24(18,19)10-5-6-11-9(7-10)3-2-4-12(11)25(20,21)22/h5-10,19H,1-4H3;2-10H,1H3,(H,18,19);2-7,17H,1H3,(H,20,21,22). The maximum atomic E-state index is 12.8. The van der Waals surface area contributed by atoms with Crippen molar-refractivity contribution in [2.24, 2.45) is 0 Å². The molecule has 0 bridgehead atoms. The summed E-state index contributed by atoms with van der Waals surface area (Å²) in [5.41, 5.74) is 4.74. The first kappa shape index (κ1) is 53.2. The number of sulfonamides is 3. The number of nitrogens with zero attached hydrogens (tertiary/aromatic N) is 4. The summed E-state index contributed by atoms with van der Waals surface area (Å²) in [5.74, 6) is 0.717. The average molecular weight is 1190 g/mol. The van der Waals surface area contributed by atoms with E-state index in [0.717, 1.165) is 22.2 Å². The average Bonchev–Trinajstić information content (AvgIpc) is 3.96. The molecule has 3 aromatic heterocycles. The first-order valence-corrected chi connectivity index (χ1v) is 28.4. The number of rotatable bonds is 12. The van der Waals surface area contributed by atoms with Gasteiger partial charge in [-0.05, 0) is 119 Å². The van der Waals surface area contributed by atoms with Gasteiger partial charge in [-0.25, -0.2) is 34.7 Å². The zero-order valence-corrected chi connectivity index (χ0v) is 45.2. The van der Waals surface area contributed by atoms with E-state index >= 15 is 0 Å². The van der Waals surface area contributed by atoms with Gasteiger partial charge in [0.25, 0.3) is 46.1 Å². The molecule has 0 amide bonds. The Hall–Kier alpha value is -6.61. The van der Waals surface area contributed by atoms with E-state index in [2.05, 4.69) is 61.5 Å². The molecular formula is C47H43Br2N7O12S4. The molecule has 0 aliphatic rings. The van der Waals surface area contributed by atoms with Crippen LogP contribution in [0.25, 0.3) is 32.7 Å². The van der Waals surface area contributed by atoms with Crippen molar-refractivity contribution >= 4 is 117 Å². The molecule has 376 valence electrons. The lowest BCUT2D eigenvalue weighted by molar-refractivity contribution is 0.399. The van der Waals surface area contributed by atoms with Crippen LogP contribution in [0.4, 0.5) is 23.3 Å². The monoisotopic (exact) mass is 1180 g/mol. The van der Waals surface area contributed by atoms with Gasteiger partial charge in [0.1, 0.15) is 19.6 Å². The van der Waals surface area contributed by atoms with Crippen LogP contribution in [0.5, 0.6) is 0 Å². The van der Waals surface area contributed by atoms with Gasteiger partial charge in [0, 0.05) is 41.5 Å². The molecule has 25 heteroatoms. The van der Waals surface area contributed by atoms with E-state index in [4.69, 9.17) is 13.6 Å². The van der Waals surface area contributed by atoms with Gasteiger partial charge in [0.15, 0.2) is 5.82 Å². The topological polar surface area (TPSA) is 274 Å². The van der Waals surface area contributed by atoms with Crippen LogP contribution in [0.1, 0.15) is 22.7 Å². The summed E-state index contributed by atoms with van der Waals surface area (Å²) in [4.78, 5) is 1.92. The molecule has 0 saturated carbocycles. The Morgan fingerprint density at radius 3 is 1.68 bits per heavy atom. The Kier molecular flexibility index (Phi) is 15.7. The van der Waals surface area contributed by atoms with E-state index in [1.807, 2.05) is 67.5 Å². The molecule has 0 saturated heterocycles. The van der Waals surface area contributed by atoms with E-state index in [1.54, 1.807) is 70.2 Å². The molecule has 19 nitrogen and oxygen atoms in total. The fourth-order valence-electron chi connectivity index (χ4n) is 6.87. The Labute approximate surface area is 431 Å². The second-order valence-electron chi connectivity index (χ2n) is 15.9. The summed E-state index contributed by atoms with van der Waals surface area (Å²) in [6.45, 7) is 6.84. The second-order valence-corrected chi connectivity index (χ2v) is 23.9. The molecule has 0 aliphatic carbocycles. The number of halogens is 2. The van der Waals surface area contributed by atoms with E-state index in [-0.39, 0.29) is 42.6 Å². The van der Waals surface area contributed by atoms with Gasteiger partial charge >= 0.3 is 0 Å². The first-order chi connectivity index (χ1) is 33.9. The first-order valence-electron chi connectivity index (χ1n) is 21.0. The minimum Gasteiger partial charge on any atom is -0.377 e. The van der Waals surface area contributed by atoms with Crippen LogP contribution in [0.15, 0.2) is 169 Å². The number of nitrogens with one attached hydrogen (secondary N) is 3. The highest BCUT2D eigenvalue weighted by molar-refractivity contribution is 9.11. The van der Waals surface area contributed by atoms with Gasteiger partial charge in [-0.3, -0.25) is 9.27 Å². The molecule has 4 N–H and O–H groups in total. The molecular weight excluding hydrogens is 1140 g/mol. The van der Waals surface area contributed by atoms with Crippen LogP contribution in [-0.2, 0) is 40.2 Å². The third kappa shape index (κ3) is 11.8. The molecule has 9 rings (SSSR count). The molecule has 0 unspecified atom stereocenters. The van der Waals surface area contributed by atoms with Crippen LogP contribution in [0.2, 0.25) is 0 Å². The van der Waals surface area contributed by atoms with Gasteiger partial charge in [-0.2, -0.15) is 8.42 Å². The molecule has 72 heavy (non-hydrogen) atoms. The van der Waals surface area contributed by atoms with Crippen molar-refractivity contribution in [1.82, 2.24) is 15.5 Å². The van der Waals surface area contributed by atoms with E-state index in [0.29, 0.717) is 42.4 Å². The number of hydrogen-bond donors (Lipinski definition) is 4. The van der Waals surface area contributed by atoms with Crippen molar-refractivity contribution in [1.29, 1.82) is 0 Å². The Morgan fingerprint density at radius 2 is 1.08 bits per heavy atom. The number of aryl methyl sites for hydroxylation is 3. The maximum Gasteiger partial charge on any atom is 0.295 e. The smallest absolute Gasteiger partial charge is 0.295 e. The lowest BCUT2D eigenvalue weighted by Gasteiger charge is -2.17. The number of anilines is 4. The molecule has 0 fully saturated rings. The molecule has 9 aromatic rings. The third-order valence-electron chi connectivity index (χ3n) is 10.7. The predicted octanol–water partition coefficient (Wildman–Crippen LogP) is 10.5. The second kappa shape index (κ2) is 21.2. The lowest BCUT2D eigenvalue weighted by atomic mass is 10.1. The zero-order valence-electron chi connectivity index (χ0n) is 38.7. The largest absolute Gasteiger partial charge is 0.377 e. The molecule has 6 aromatic carbocycles. The van der Waals surface area contributed by atoms with Crippen molar-refractivity contribution in [2.45, 2.75) is 47.3 Å². The summed E-state index contributed by atoms with van der Waals surface area (Å²) in [5, 5.41) is 13.2. The molecule has 0 atom stereocenters. The van der Waals surface area contributed by atoms with E-state index in [1.165, 1.54) is 36.4 Å². The van der Waals surface area contributed by atoms with Crippen LogP contribution in [0, 0.1) is 27.7 Å². The van der Waals surface area contributed by atoms with Crippen molar-refractivity contribution < 1.29 is 51.8 Å². The summed E-state index contributed by atoms with van der Waals surface area (Å²) in [7, 11) is -12.1. The third-order valence-corrected chi connectivity index (χ3v) is 17.6. The van der Waals surface area contributed by atoms with Crippen molar-refractivity contribution in [3.8, 4) is 11.1 Å².